The van der Waals surface area contributed by atoms with Crippen molar-refractivity contribution >= 4 is 11.6 Å². The Morgan fingerprint density at radius 1 is 1.10 bits per heavy atom. The maximum absolute atomic E-state index is 6.18. The van der Waals surface area contributed by atoms with E-state index < -0.39 is 0 Å². The number of benzene rings is 1. The summed E-state index contributed by atoms with van der Waals surface area (Å²) in [6.45, 7) is 10.3. The molecule has 0 fully saturated rings. The number of hydrogen-bond acceptors (Lipinski definition) is 3. The molecule has 0 aliphatic rings. The van der Waals surface area contributed by atoms with E-state index in [4.69, 9.17) is 16.3 Å². The highest BCUT2D eigenvalue weighted by atomic mass is 35.5. The van der Waals surface area contributed by atoms with Gasteiger partial charge in [0.1, 0.15) is 16.7 Å². The van der Waals surface area contributed by atoms with Crippen LogP contribution in [0.5, 0.6) is 5.75 Å². The van der Waals surface area contributed by atoms with Crippen molar-refractivity contribution in [3.05, 3.63) is 40.3 Å². The van der Waals surface area contributed by atoms with E-state index in [2.05, 4.69) is 43.7 Å². The monoisotopic (exact) mass is 304 g/mol. The molecule has 112 valence electrons. The van der Waals surface area contributed by atoms with Crippen molar-refractivity contribution in [3.63, 3.8) is 0 Å². The van der Waals surface area contributed by atoms with Gasteiger partial charge in [0.15, 0.2) is 0 Å². The first-order chi connectivity index (χ1) is 9.74. The first-order valence-electron chi connectivity index (χ1n) is 6.93. The van der Waals surface area contributed by atoms with E-state index in [1.165, 1.54) is 5.56 Å². The number of hydrogen-bond donors (Lipinski definition) is 0. The molecule has 0 bridgehead atoms. The van der Waals surface area contributed by atoms with Crippen LogP contribution in [-0.2, 0) is 5.41 Å². The Bertz CT molecular complexity index is 675. The maximum atomic E-state index is 6.18. The van der Waals surface area contributed by atoms with Crippen LogP contribution in [0.3, 0.4) is 0 Å². The van der Waals surface area contributed by atoms with E-state index >= 15 is 0 Å². The molecular weight excluding hydrogens is 284 g/mol. The third-order valence-electron chi connectivity index (χ3n) is 3.52. The van der Waals surface area contributed by atoms with E-state index in [0.717, 1.165) is 28.4 Å². The quantitative estimate of drug-likeness (QED) is 0.753. The number of methoxy groups -OCH3 is 1. The fraction of sp³-hybridized carbons (Fsp3) is 0.412. The van der Waals surface area contributed by atoms with Crippen molar-refractivity contribution in [3.8, 4) is 17.0 Å². The maximum Gasteiger partial charge on any atom is 0.136 e. The number of halogens is 1. The van der Waals surface area contributed by atoms with Crippen LogP contribution in [0.4, 0.5) is 0 Å². The minimum atomic E-state index is -0.160. The normalized spacial score (nSPS) is 11.6. The SMILES string of the molecule is COc1c(-c2cc(Cl)nc(C(C)(C)C)n2)ccc(C)c1C. The van der Waals surface area contributed by atoms with Crippen LogP contribution in [0.1, 0.15) is 37.7 Å². The smallest absolute Gasteiger partial charge is 0.136 e. The molecule has 0 spiro atoms. The van der Waals surface area contributed by atoms with Crippen molar-refractivity contribution in [1.29, 1.82) is 0 Å². The molecule has 2 rings (SSSR count). The molecule has 3 nitrogen and oxygen atoms in total. The van der Waals surface area contributed by atoms with Crippen LogP contribution >= 0.6 is 11.6 Å². The Balaban J connectivity index is 2.68. The van der Waals surface area contributed by atoms with Gasteiger partial charge in [-0.2, -0.15) is 0 Å². The van der Waals surface area contributed by atoms with Gasteiger partial charge < -0.3 is 4.74 Å². The predicted molar refractivity (Wildman–Crippen MR) is 87.2 cm³/mol. The molecule has 1 aromatic heterocycles. The fourth-order valence-corrected chi connectivity index (χ4v) is 2.33. The molecule has 0 unspecified atom stereocenters. The van der Waals surface area contributed by atoms with Crippen LogP contribution in [0.15, 0.2) is 18.2 Å². The van der Waals surface area contributed by atoms with Gasteiger partial charge in [-0.15, -0.1) is 0 Å². The average Bonchev–Trinajstić information content (AvgIpc) is 2.40. The average molecular weight is 305 g/mol. The number of rotatable bonds is 2. The van der Waals surface area contributed by atoms with Crippen molar-refractivity contribution in [1.82, 2.24) is 9.97 Å². The first kappa shape index (κ1) is 15.8. The highest BCUT2D eigenvalue weighted by Gasteiger charge is 2.20. The second-order valence-electron chi connectivity index (χ2n) is 6.24. The van der Waals surface area contributed by atoms with Gasteiger partial charge >= 0.3 is 0 Å². The van der Waals surface area contributed by atoms with Gasteiger partial charge in [0.25, 0.3) is 0 Å². The van der Waals surface area contributed by atoms with Crippen LogP contribution < -0.4 is 4.74 Å². The standard InChI is InChI=1S/C17H21ClN2O/c1-10-7-8-12(15(21-6)11(10)2)13-9-14(18)20-16(19-13)17(3,4)5/h7-9H,1-6H3. The summed E-state index contributed by atoms with van der Waals surface area (Å²) in [6, 6.07) is 5.87. The predicted octanol–water partition coefficient (Wildman–Crippen LogP) is 4.72. The van der Waals surface area contributed by atoms with Gasteiger partial charge in [0, 0.05) is 17.0 Å². The molecule has 0 N–H and O–H groups in total. The number of aromatic nitrogens is 2. The molecule has 0 saturated carbocycles. The zero-order valence-corrected chi connectivity index (χ0v) is 14.2. The molecule has 0 amide bonds. The summed E-state index contributed by atoms with van der Waals surface area (Å²) in [5.41, 5.74) is 3.87. The van der Waals surface area contributed by atoms with E-state index in [1.54, 1.807) is 13.2 Å². The van der Waals surface area contributed by atoms with Crippen LogP contribution in [0, 0.1) is 13.8 Å². The lowest BCUT2D eigenvalue weighted by Crippen LogP contribution is -2.16. The van der Waals surface area contributed by atoms with Gasteiger partial charge in [-0.1, -0.05) is 38.4 Å². The Morgan fingerprint density at radius 2 is 1.76 bits per heavy atom. The van der Waals surface area contributed by atoms with Crippen molar-refractivity contribution in [2.24, 2.45) is 0 Å². The van der Waals surface area contributed by atoms with Crippen LogP contribution in [0.2, 0.25) is 5.15 Å². The van der Waals surface area contributed by atoms with E-state index in [0.29, 0.717) is 5.15 Å². The summed E-state index contributed by atoms with van der Waals surface area (Å²) in [4.78, 5) is 9.02. The molecule has 0 atom stereocenters. The lowest BCUT2D eigenvalue weighted by atomic mass is 9.95. The highest BCUT2D eigenvalue weighted by Crippen LogP contribution is 2.35. The Morgan fingerprint density at radius 3 is 2.33 bits per heavy atom. The topological polar surface area (TPSA) is 35.0 Å². The highest BCUT2D eigenvalue weighted by molar-refractivity contribution is 6.29. The molecule has 0 saturated heterocycles. The summed E-state index contributed by atoms with van der Waals surface area (Å²) in [5, 5.41) is 0.449. The molecule has 0 aliphatic heterocycles. The van der Waals surface area contributed by atoms with E-state index in [-0.39, 0.29) is 5.41 Å². The number of ether oxygens (including phenoxy) is 1. The lowest BCUT2D eigenvalue weighted by molar-refractivity contribution is 0.412. The van der Waals surface area contributed by atoms with Crippen molar-refractivity contribution in [2.45, 2.75) is 40.0 Å². The zero-order valence-electron chi connectivity index (χ0n) is 13.4. The summed E-state index contributed by atoms with van der Waals surface area (Å²) in [7, 11) is 1.68. The first-order valence-corrected chi connectivity index (χ1v) is 7.31. The third kappa shape index (κ3) is 3.18. The molecule has 1 aromatic carbocycles. The van der Waals surface area contributed by atoms with E-state index in [9.17, 15) is 0 Å². The van der Waals surface area contributed by atoms with Gasteiger partial charge in [0.2, 0.25) is 0 Å². The molecular formula is C17H21ClN2O. The second-order valence-corrected chi connectivity index (χ2v) is 6.63. The fourth-order valence-electron chi connectivity index (χ4n) is 2.15. The summed E-state index contributed by atoms with van der Waals surface area (Å²) < 4.78 is 5.57. The summed E-state index contributed by atoms with van der Waals surface area (Å²) in [5.74, 6) is 1.56. The van der Waals surface area contributed by atoms with Crippen LogP contribution in [-0.4, -0.2) is 17.1 Å². The second kappa shape index (κ2) is 5.64. The largest absolute Gasteiger partial charge is 0.496 e. The molecule has 0 aliphatic carbocycles. The van der Waals surface area contributed by atoms with Crippen LogP contribution in [0.25, 0.3) is 11.3 Å². The third-order valence-corrected chi connectivity index (χ3v) is 3.72. The zero-order chi connectivity index (χ0) is 15.8. The number of aryl methyl sites for hydroxylation is 1. The molecule has 4 heteroatoms. The van der Waals surface area contributed by atoms with Gasteiger partial charge in [0.05, 0.1) is 12.8 Å². The Hall–Kier alpha value is -1.61. The molecule has 2 aromatic rings. The summed E-state index contributed by atoms with van der Waals surface area (Å²) in [6.07, 6.45) is 0. The minimum Gasteiger partial charge on any atom is -0.496 e. The van der Waals surface area contributed by atoms with Gasteiger partial charge in [-0.05, 0) is 31.0 Å². The molecule has 21 heavy (non-hydrogen) atoms. The van der Waals surface area contributed by atoms with E-state index in [1.807, 2.05) is 13.0 Å². The summed E-state index contributed by atoms with van der Waals surface area (Å²) >= 11 is 6.18. The Kier molecular flexibility index (Phi) is 4.24. The van der Waals surface area contributed by atoms with Gasteiger partial charge in [-0.3, -0.25) is 0 Å². The Labute approximate surface area is 131 Å². The van der Waals surface area contributed by atoms with Gasteiger partial charge in [-0.25, -0.2) is 9.97 Å². The minimum absolute atomic E-state index is 0.160. The van der Waals surface area contributed by atoms with Crippen molar-refractivity contribution < 1.29 is 4.74 Å². The molecule has 0 radical (unpaired) electrons. The number of nitrogens with zero attached hydrogens (tertiary/aromatic N) is 2. The van der Waals surface area contributed by atoms with Crippen molar-refractivity contribution in [2.75, 3.05) is 7.11 Å². The molecule has 1 heterocycles. The lowest BCUT2D eigenvalue weighted by Gasteiger charge is -2.19.